The third-order valence-corrected chi connectivity index (χ3v) is 6.17. The van der Waals surface area contributed by atoms with Crippen molar-refractivity contribution in [2.45, 2.75) is 38.6 Å². The van der Waals surface area contributed by atoms with Crippen LogP contribution in [0.25, 0.3) is 0 Å². The van der Waals surface area contributed by atoms with E-state index < -0.39 is 0 Å². The first-order chi connectivity index (χ1) is 10.7. The van der Waals surface area contributed by atoms with Crippen LogP contribution < -0.4 is 10.6 Å². The number of amides is 1. The number of para-hydroxylation sites is 1. The number of hydrogen-bond acceptors (Lipinski definition) is 2. The van der Waals surface area contributed by atoms with Crippen LogP contribution in [0.4, 0.5) is 5.69 Å². The lowest BCUT2D eigenvalue weighted by Crippen LogP contribution is -2.49. The van der Waals surface area contributed by atoms with Crippen LogP contribution in [0.15, 0.2) is 24.3 Å². The topological polar surface area (TPSA) is 41.1 Å². The molecule has 3 nitrogen and oxygen atoms in total. The van der Waals surface area contributed by atoms with Gasteiger partial charge in [-0.3, -0.25) is 4.79 Å². The van der Waals surface area contributed by atoms with Gasteiger partial charge in [-0.15, -0.1) is 0 Å². The summed E-state index contributed by atoms with van der Waals surface area (Å²) in [7, 11) is 1.94. The quantitative estimate of drug-likeness (QED) is 0.894. The van der Waals surface area contributed by atoms with Crippen molar-refractivity contribution in [3.05, 3.63) is 29.8 Å². The van der Waals surface area contributed by atoms with Gasteiger partial charge in [-0.2, -0.15) is 0 Å². The van der Waals surface area contributed by atoms with Crippen molar-refractivity contribution < 1.29 is 4.79 Å². The molecule has 118 valence electrons. The molecule has 2 N–H and O–H groups in total. The van der Waals surface area contributed by atoms with Crippen LogP contribution in [0.1, 0.15) is 37.7 Å². The van der Waals surface area contributed by atoms with Gasteiger partial charge in [0.05, 0.1) is 0 Å². The lowest BCUT2D eigenvalue weighted by molar-refractivity contribution is -0.132. The molecule has 0 spiro atoms. The van der Waals surface area contributed by atoms with Crippen LogP contribution in [0, 0.1) is 29.6 Å². The number of rotatable bonds is 4. The van der Waals surface area contributed by atoms with E-state index in [-0.39, 0.29) is 11.8 Å². The van der Waals surface area contributed by atoms with Gasteiger partial charge in [-0.25, -0.2) is 0 Å². The molecule has 1 aromatic carbocycles. The van der Waals surface area contributed by atoms with Gasteiger partial charge in [0, 0.05) is 18.2 Å². The molecule has 0 unspecified atom stereocenters. The Hall–Kier alpha value is -1.35. The maximum Gasteiger partial charge on any atom is 0.228 e. The molecule has 0 aromatic heterocycles. The van der Waals surface area contributed by atoms with Crippen LogP contribution in [0.3, 0.4) is 0 Å². The Bertz CT molecular complexity index is 540. The molecular formula is C19H26N2O. The van der Waals surface area contributed by atoms with Gasteiger partial charge in [-0.05, 0) is 74.5 Å². The average molecular weight is 298 g/mol. The van der Waals surface area contributed by atoms with Crippen molar-refractivity contribution >= 4 is 11.6 Å². The molecular weight excluding hydrogens is 272 g/mol. The Labute approximate surface area is 132 Å². The Morgan fingerprint density at radius 3 is 2.32 bits per heavy atom. The zero-order chi connectivity index (χ0) is 15.1. The summed E-state index contributed by atoms with van der Waals surface area (Å²) in [6.45, 7) is 0.790. The lowest BCUT2D eigenvalue weighted by Gasteiger charge is -2.53. The second-order valence-electron chi connectivity index (χ2n) is 7.63. The highest BCUT2D eigenvalue weighted by atomic mass is 16.1. The number of carbonyl (C=O) groups is 1. The van der Waals surface area contributed by atoms with E-state index in [2.05, 4.69) is 16.7 Å². The second-order valence-corrected chi connectivity index (χ2v) is 7.63. The van der Waals surface area contributed by atoms with E-state index >= 15 is 0 Å². The fourth-order valence-electron chi connectivity index (χ4n) is 5.56. The highest BCUT2D eigenvalue weighted by Crippen LogP contribution is 2.56. The van der Waals surface area contributed by atoms with Crippen molar-refractivity contribution in [2.24, 2.45) is 29.6 Å². The second kappa shape index (κ2) is 5.69. The third kappa shape index (κ3) is 2.45. The van der Waals surface area contributed by atoms with Gasteiger partial charge >= 0.3 is 0 Å². The first-order valence-electron chi connectivity index (χ1n) is 8.78. The first kappa shape index (κ1) is 14.3. The van der Waals surface area contributed by atoms with Crippen molar-refractivity contribution in [3.63, 3.8) is 0 Å². The lowest BCUT2D eigenvalue weighted by atomic mass is 9.51. The van der Waals surface area contributed by atoms with E-state index in [1.807, 2.05) is 25.2 Å². The minimum absolute atomic E-state index is 0.260. The number of hydrogen-bond donors (Lipinski definition) is 2. The molecule has 22 heavy (non-hydrogen) atoms. The number of anilines is 1. The van der Waals surface area contributed by atoms with Crippen molar-refractivity contribution in [2.75, 3.05) is 12.4 Å². The van der Waals surface area contributed by atoms with Gasteiger partial charge < -0.3 is 10.6 Å². The summed E-state index contributed by atoms with van der Waals surface area (Å²) in [5, 5.41) is 6.42. The summed E-state index contributed by atoms with van der Waals surface area (Å²) >= 11 is 0. The van der Waals surface area contributed by atoms with Crippen LogP contribution >= 0.6 is 0 Å². The predicted molar refractivity (Wildman–Crippen MR) is 88.4 cm³/mol. The minimum atomic E-state index is 0.260. The molecule has 4 aliphatic carbocycles. The number of benzene rings is 1. The summed E-state index contributed by atoms with van der Waals surface area (Å²) in [5.41, 5.74) is 2.15. The maximum absolute atomic E-state index is 12.9. The zero-order valence-corrected chi connectivity index (χ0v) is 13.3. The molecule has 5 rings (SSSR count). The van der Waals surface area contributed by atoms with Crippen LogP contribution in [-0.4, -0.2) is 13.0 Å². The molecule has 4 aliphatic rings. The van der Waals surface area contributed by atoms with Crippen LogP contribution in [-0.2, 0) is 11.3 Å². The number of carbonyl (C=O) groups excluding carboxylic acids is 1. The van der Waals surface area contributed by atoms with Crippen molar-refractivity contribution in [3.8, 4) is 0 Å². The fourth-order valence-corrected chi connectivity index (χ4v) is 5.56. The SMILES string of the molecule is CNCc1ccccc1NC(=O)C1C2CC3CC(C2)CC1C3. The van der Waals surface area contributed by atoms with Gasteiger partial charge in [0.25, 0.3) is 0 Å². The van der Waals surface area contributed by atoms with Gasteiger partial charge in [0.15, 0.2) is 0 Å². The monoisotopic (exact) mass is 298 g/mol. The Balaban J connectivity index is 1.51. The van der Waals surface area contributed by atoms with Gasteiger partial charge in [0.2, 0.25) is 5.91 Å². The summed E-state index contributed by atoms with van der Waals surface area (Å²) in [5.74, 6) is 3.67. The highest BCUT2D eigenvalue weighted by Gasteiger charge is 2.50. The average Bonchev–Trinajstić information content (AvgIpc) is 2.48. The molecule has 4 fully saturated rings. The number of nitrogens with one attached hydrogen (secondary N) is 2. The molecule has 1 amide bonds. The van der Waals surface area contributed by atoms with E-state index in [9.17, 15) is 4.79 Å². The molecule has 4 saturated carbocycles. The molecule has 0 saturated heterocycles. The van der Waals surface area contributed by atoms with E-state index in [4.69, 9.17) is 0 Å². The van der Waals surface area contributed by atoms with Crippen molar-refractivity contribution in [1.82, 2.24) is 5.32 Å². The minimum Gasteiger partial charge on any atom is -0.326 e. The Morgan fingerprint density at radius 1 is 1.05 bits per heavy atom. The largest absolute Gasteiger partial charge is 0.326 e. The Kier molecular flexibility index (Phi) is 3.69. The Morgan fingerprint density at radius 2 is 1.68 bits per heavy atom. The summed E-state index contributed by atoms with van der Waals surface area (Å²) in [4.78, 5) is 12.9. The van der Waals surface area contributed by atoms with Crippen LogP contribution in [0.2, 0.25) is 0 Å². The molecule has 4 bridgehead atoms. The van der Waals surface area contributed by atoms with E-state index in [0.717, 1.165) is 24.1 Å². The predicted octanol–water partition coefficient (Wildman–Crippen LogP) is 3.42. The van der Waals surface area contributed by atoms with E-state index in [0.29, 0.717) is 11.8 Å². The summed E-state index contributed by atoms with van der Waals surface area (Å²) < 4.78 is 0. The molecule has 1 aromatic rings. The standard InChI is InChI=1S/C19H26N2O/c1-20-11-14-4-2-3-5-17(14)21-19(22)18-15-7-12-6-13(9-15)10-16(18)8-12/h2-5,12-13,15-16,18,20H,6-11H2,1H3,(H,21,22). The van der Waals surface area contributed by atoms with Gasteiger partial charge in [0.1, 0.15) is 0 Å². The zero-order valence-electron chi connectivity index (χ0n) is 13.3. The summed E-state index contributed by atoms with van der Waals surface area (Å²) in [6.07, 6.45) is 6.62. The molecule has 0 radical (unpaired) electrons. The van der Waals surface area contributed by atoms with Crippen molar-refractivity contribution in [1.29, 1.82) is 0 Å². The molecule has 0 aliphatic heterocycles. The fraction of sp³-hybridized carbons (Fsp3) is 0.632. The van der Waals surface area contributed by atoms with Crippen LogP contribution in [0.5, 0.6) is 0 Å². The third-order valence-electron chi connectivity index (χ3n) is 6.17. The molecule has 0 atom stereocenters. The molecule has 3 heteroatoms. The maximum atomic E-state index is 12.9. The van der Waals surface area contributed by atoms with E-state index in [1.165, 1.54) is 37.7 Å². The first-order valence-corrected chi connectivity index (χ1v) is 8.78. The smallest absolute Gasteiger partial charge is 0.228 e. The van der Waals surface area contributed by atoms with E-state index in [1.54, 1.807) is 0 Å². The normalized spacial score (nSPS) is 35.6. The summed E-state index contributed by atoms with van der Waals surface area (Å²) in [6, 6.07) is 8.15. The highest BCUT2D eigenvalue weighted by molar-refractivity contribution is 5.93. The van der Waals surface area contributed by atoms with Gasteiger partial charge in [-0.1, -0.05) is 18.2 Å². The molecule has 0 heterocycles.